The molecule has 0 aromatic heterocycles. The number of carbonyl (C=O) groups is 5. The van der Waals surface area contributed by atoms with Crippen LogP contribution in [-0.4, -0.2) is 70.3 Å². The van der Waals surface area contributed by atoms with Crippen LogP contribution in [0.2, 0.25) is 5.02 Å². The maximum Gasteiger partial charge on any atom is 0.303 e. The molecule has 2 aliphatic rings. The first-order valence-electron chi connectivity index (χ1n) is 13.4. The zero-order valence-electron chi connectivity index (χ0n) is 24.6. The normalized spacial score (nSPS) is 24.9. The van der Waals surface area contributed by atoms with Crippen molar-refractivity contribution in [1.29, 1.82) is 0 Å². The van der Waals surface area contributed by atoms with Gasteiger partial charge in [0.15, 0.2) is 24.1 Å². The van der Waals surface area contributed by atoms with Crippen molar-refractivity contribution >= 4 is 75.1 Å². The van der Waals surface area contributed by atoms with E-state index in [0.29, 0.717) is 22.8 Å². The lowest BCUT2D eigenvalue weighted by Crippen LogP contribution is -2.61. The molecule has 0 unspecified atom stereocenters. The van der Waals surface area contributed by atoms with E-state index in [2.05, 4.69) is 5.32 Å². The van der Waals surface area contributed by atoms with E-state index in [0.717, 1.165) is 32.5 Å². The lowest BCUT2D eigenvalue weighted by molar-refractivity contribution is -0.237. The third-order valence-corrected chi connectivity index (χ3v) is 8.16. The fourth-order valence-corrected chi connectivity index (χ4v) is 6.58. The number of allylic oxidation sites excluding steroid dienone is 1. The number of anilines is 1. The molecule has 1 N–H and O–H groups in total. The maximum atomic E-state index is 13.5. The van der Waals surface area contributed by atoms with Crippen LogP contribution >= 0.6 is 35.6 Å². The van der Waals surface area contributed by atoms with Gasteiger partial charge < -0.3 is 29.0 Å². The van der Waals surface area contributed by atoms with Gasteiger partial charge in [-0.3, -0.25) is 24.0 Å². The van der Waals surface area contributed by atoms with E-state index >= 15 is 0 Å². The standard InChI is InChI=1S/C29H34ClNO10S2/c1-14(32)37-13-22-24(38-15(2)33)25(39-16(3)34)26(40-17(4)35)27(41-22)43-28(42)23-20(11-29(5,6)12-21(23)36)31-19-9-7-18(30)8-10-19/h7-10,22,24-27,31H,11-13H2,1-6H3/t22-,24+,25+,26-,27+/m1/s1. The van der Waals surface area contributed by atoms with Gasteiger partial charge in [-0.2, -0.15) is 0 Å². The molecule has 1 saturated heterocycles. The van der Waals surface area contributed by atoms with Crippen LogP contribution in [0.15, 0.2) is 35.5 Å². The van der Waals surface area contributed by atoms with E-state index in [1.54, 1.807) is 24.3 Å². The van der Waals surface area contributed by atoms with Gasteiger partial charge in [-0.15, -0.1) is 0 Å². The number of rotatable bonds is 9. The van der Waals surface area contributed by atoms with Crippen molar-refractivity contribution in [2.45, 2.75) is 84.2 Å². The van der Waals surface area contributed by atoms with Crippen LogP contribution in [0, 0.1) is 5.41 Å². The van der Waals surface area contributed by atoms with Crippen molar-refractivity contribution in [3.05, 3.63) is 40.6 Å². The molecular formula is C29H34ClNO10S2. The Bertz CT molecular complexity index is 1310. The van der Waals surface area contributed by atoms with Crippen LogP contribution in [0.4, 0.5) is 5.69 Å². The van der Waals surface area contributed by atoms with Crippen molar-refractivity contribution in [3.8, 4) is 0 Å². The SMILES string of the molecule is CC(=O)OC[C@H]1O[C@@H](SC(=S)C2=C(Nc3ccc(Cl)cc3)CC(C)(C)CC2=O)[C@H](OC(C)=O)[C@@H](OC(C)=O)[C@H]1OC(C)=O. The summed E-state index contributed by atoms with van der Waals surface area (Å²) in [5.74, 6) is -3.05. The van der Waals surface area contributed by atoms with Crippen LogP contribution in [0.5, 0.6) is 0 Å². The minimum Gasteiger partial charge on any atom is -0.463 e. The van der Waals surface area contributed by atoms with E-state index in [9.17, 15) is 24.0 Å². The first kappa shape index (κ1) is 34.5. The number of halogens is 1. The molecule has 0 saturated carbocycles. The van der Waals surface area contributed by atoms with Gasteiger partial charge in [0.05, 0.1) is 9.77 Å². The second-order valence-corrected chi connectivity index (χ2v) is 13.1. The maximum absolute atomic E-state index is 13.5. The van der Waals surface area contributed by atoms with Gasteiger partial charge in [0.25, 0.3) is 0 Å². The number of benzene rings is 1. The van der Waals surface area contributed by atoms with Gasteiger partial charge >= 0.3 is 23.9 Å². The lowest BCUT2D eigenvalue weighted by atomic mass is 9.76. The van der Waals surface area contributed by atoms with Crippen LogP contribution in [0.25, 0.3) is 0 Å². The molecule has 0 radical (unpaired) electrons. The second-order valence-electron chi connectivity index (χ2n) is 10.9. The summed E-state index contributed by atoms with van der Waals surface area (Å²) in [5, 5.41) is 3.85. The monoisotopic (exact) mass is 655 g/mol. The third-order valence-electron chi connectivity index (χ3n) is 6.39. The van der Waals surface area contributed by atoms with E-state index < -0.39 is 53.7 Å². The highest BCUT2D eigenvalue weighted by molar-refractivity contribution is 8.24. The predicted molar refractivity (Wildman–Crippen MR) is 162 cm³/mol. The van der Waals surface area contributed by atoms with Gasteiger partial charge in [0, 0.05) is 50.5 Å². The number of ether oxygens (including phenoxy) is 5. The molecule has 0 bridgehead atoms. The first-order chi connectivity index (χ1) is 20.1. The fourth-order valence-electron chi connectivity index (χ4n) is 4.82. The molecule has 0 amide bonds. The van der Waals surface area contributed by atoms with Crippen LogP contribution in [0.3, 0.4) is 0 Å². The van der Waals surface area contributed by atoms with Gasteiger partial charge in [-0.25, -0.2) is 0 Å². The summed E-state index contributed by atoms with van der Waals surface area (Å²) in [6.45, 7) is 8.19. The third kappa shape index (κ3) is 9.75. The number of thioether (sulfide) groups is 1. The molecule has 43 heavy (non-hydrogen) atoms. The number of hydrogen-bond acceptors (Lipinski definition) is 13. The molecule has 1 aliphatic heterocycles. The van der Waals surface area contributed by atoms with Crippen molar-refractivity contribution < 1.29 is 47.7 Å². The molecule has 1 fully saturated rings. The topological polar surface area (TPSA) is 144 Å². The largest absolute Gasteiger partial charge is 0.463 e. The Morgan fingerprint density at radius 3 is 2.05 bits per heavy atom. The smallest absolute Gasteiger partial charge is 0.303 e. The van der Waals surface area contributed by atoms with Gasteiger partial charge in [-0.05, 0) is 36.1 Å². The molecule has 1 aromatic carbocycles. The number of ketones is 1. The summed E-state index contributed by atoms with van der Waals surface area (Å²) in [6.07, 6.45) is -4.37. The fraction of sp³-hybridized carbons (Fsp3) is 0.517. The van der Waals surface area contributed by atoms with Crippen LogP contribution in [-0.2, 0) is 47.7 Å². The molecule has 14 heteroatoms. The second kappa shape index (κ2) is 14.7. The summed E-state index contributed by atoms with van der Waals surface area (Å²) in [4.78, 5) is 61.4. The summed E-state index contributed by atoms with van der Waals surface area (Å²) in [7, 11) is 0. The molecule has 3 rings (SSSR count). The van der Waals surface area contributed by atoms with Crippen molar-refractivity contribution in [2.24, 2.45) is 5.41 Å². The number of nitrogens with one attached hydrogen (secondary N) is 1. The Balaban J connectivity index is 2.04. The molecule has 234 valence electrons. The van der Waals surface area contributed by atoms with Crippen LogP contribution in [0.1, 0.15) is 54.4 Å². The Hall–Kier alpha value is -3.00. The summed E-state index contributed by atoms with van der Waals surface area (Å²) >= 11 is 12.7. The predicted octanol–water partition coefficient (Wildman–Crippen LogP) is 4.54. The number of carbonyl (C=O) groups excluding carboxylic acids is 5. The van der Waals surface area contributed by atoms with Gasteiger partial charge in [0.1, 0.15) is 18.1 Å². The molecule has 11 nitrogen and oxygen atoms in total. The Kier molecular flexibility index (Phi) is 11.8. The number of hydrogen-bond donors (Lipinski definition) is 1. The van der Waals surface area contributed by atoms with E-state index in [4.69, 9.17) is 47.5 Å². The number of thiocarbonyl (C=S) groups is 1. The Morgan fingerprint density at radius 2 is 1.49 bits per heavy atom. The summed E-state index contributed by atoms with van der Waals surface area (Å²) in [5.41, 5.74) is 0.0424. The minimum atomic E-state index is -1.35. The highest BCUT2D eigenvalue weighted by Gasteiger charge is 2.53. The Morgan fingerprint density at radius 1 is 0.930 bits per heavy atom. The minimum absolute atomic E-state index is 0.137. The zero-order chi connectivity index (χ0) is 32.1. The average molecular weight is 656 g/mol. The van der Waals surface area contributed by atoms with Gasteiger partial charge in [0.2, 0.25) is 0 Å². The average Bonchev–Trinajstić information content (AvgIpc) is 2.86. The van der Waals surface area contributed by atoms with Crippen molar-refractivity contribution in [3.63, 3.8) is 0 Å². The van der Waals surface area contributed by atoms with Crippen molar-refractivity contribution in [2.75, 3.05) is 11.9 Å². The Labute approximate surface area is 264 Å². The molecular weight excluding hydrogens is 622 g/mol. The molecule has 1 heterocycles. The van der Waals surface area contributed by atoms with E-state index in [1.165, 1.54) is 6.92 Å². The molecule has 1 aromatic rings. The van der Waals surface area contributed by atoms with Crippen LogP contribution < -0.4 is 5.32 Å². The lowest BCUT2D eigenvalue weighted by Gasteiger charge is -2.44. The zero-order valence-corrected chi connectivity index (χ0v) is 27.0. The molecule has 1 aliphatic carbocycles. The molecule has 5 atom stereocenters. The quantitative estimate of drug-likeness (QED) is 0.226. The number of esters is 4. The van der Waals surface area contributed by atoms with E-state index in [-0.39, 0.29) is 34.0 Å². The highest BCUT2D eigenvalue weighted by Crippen LogP contribution is 2.42. The van der Waals surface area contributed by atoms with E-state index in [1.807, 2.05) is 13.8 Å². The highest BCUT2D eigenvalue weighted by atomic mass is 35.5. The van der Waals surface area contributed by atoms with Gasteiger partial charge in [-0.1, -0.05) is 49.4 Å². The number of Topliss-reactive ketones (excluding diaryl/α,β-unsaturated/α-hetero) is 1. The summed E-state index contributed by atoms with van der Waals surface area (Å²) < 4.78 is 27.9. The molecule has 0 spiro atoms. The first-order valence-corrected chi connectivity index (χ1v) is 15.0. The summed E-state index contributed by atoms with van der Waals surface area (Å²) in [6, 6.07) is 6.97. The van der Waals surface area contributed by atoms with Crippen molar-refractivity contribution in [1.82, 2.24) is 0 Å².